The average Bonchev–Trinajstić information content (AvgIpc) is 2.41. The van der Waals surface area contributed by atoms with Crippen molar-refractivity contribution < 1.29 is 27.5 Å². The van der Waals surface area contributed by atoms with E-state index in [0.29, 0.717) is 22.9 Å². The van der Waals surface area contributed by atoms with E-state index in [9.17, 15) is 22.4 Å². The summed E-state index contributed by atoms with van der Waals surface area (Å²) in [6.45, 7) is 3.15. The van der Waals surface area contributed by atoms with Gasteiger partial charge in [-0.15, -0.1) is 0 Å². The van der Waals surface area contributed by atoms with Crippen LogP contribution in [0.4, 0.5) is 28.9 Å². The average molecular weight is 327 g/mol. The molecule has 122 valence electrons. The zero-order valence-electron chi connectivity index (χ0n) is 12.3. The molecule has 0 aliphatic carbocycles. The van der Waals surface area contributed by atoms with Crippen molar-refractivity contribution in [3.63, 3.8) is 0 Å². The molecule has 0 spiro atoms. The number of hydrogen-bond acceptors (Lipinski definition) is 2. The Bertz CT molecular complexity index is 746. The molecule has 0 heterocycles. The van der Waals surface area contributed by atoms with Crippen molar-refractivity contribution in [3.05, 3.63) is 58.4 Å². The van der Waals surface area contributed by atoms with Crippen molar-refractivity contribution in [1.82, 2.24) is 0 Å². The van der Waals surface area contributed by atoms with Crippen molar-refractivity contribution in [2.45, 2.75) is 20.0 Å². The van der Waals surface area contributed by atoms with Gasteiger partial charge in [0.05, 0.1) is 16.8 Å². The third kappa shape index (κ3) is 3.61. The number of alkyl halides is 3. The molecule has 7 heteroatoms. The van der Waals surface area contributed by atoms with Crippen LogP contribution in [0.3, 0.4) is 0 Å². The van der Waals surface area contributed by atoms with Crippen LogP contribution in [0.25, 0.3) is 0 Å². The lowest BCUT2D eigenvalue weighted by Gasteiger charge is -2.16. The Kier molecular flexibility index (Phi) is 4.31. The molecule has 0 atom stereocenters. The van der Waals surface area contributed by atoms with Crippen LogP contribution >= 0.6 is 0 Å². The van der Waals surface area contributed by atoms with Gasteiger partial charge in [-0.3, -0.25) is 0 Å². The molecule has 0 bridgehead atoms. The zero-order valence-corrected chi connectivity index (χ0v) is 12.3. The number of halogens is 4. The number of anilines is 2. The van der Waals surface area contributed by atoms with Crippen molar-refractivity contribution in [1.29, 1.82) is 0 Å². The first-order valence-corrected chi connectivity index (χ1v) is 6.58. The predicted molar refractivity (Wildman–Crippen MR) is 77.6 cm³/mol. The Labute approximate surface area is 129 Å². The number of carboxylic acid groups (broad SMARTS) is 1. The summed E-state index contributed by atoms with van der Waals surface area (Å²) in [6.07, 6.45) is -4.60. The molecule has 0 aliphatic heterocycles. The largest absolute Gasteiger partial charge is 0.478 e. The molecule has 23 heavy (non-hydrogen) atoms. The second-order valence-corrected chi connectivity index (χ2v) is 5.10. The van der Waals surface area contributed by atoms with Crippen LogP contribution in [0.2, 0.25) is 0 Å². The Morgan fingerprint density at radius 3 is 2.13 bits per heavy atom. The molecule has 3 nitrogen and oxygen atoms in total. The summed E-state index contributed by atoms with van der Waals surface area (Å²) in [5.74, 6) is -1.84. The number of hydrogen-bond donors (Lipinski definition) is 2. The standard InChI is InChI=1S/C16H13F4NO2/c1-8-5-11(17)6-9(2)14(8)21-13-7-10(16(18,19)20)3-4-12(13)15(22)23/h3-7,21H,1-2H3,(H,22,23). The first kappa shape index (κ1) is 16.8. The van der Waals surface area contributed by atoms with Gasteiger partial charge in [0.25, 0.3) is 0 Å². The van der Waals surface area contributed by atoms with E-state index in [1.807, 2.05) is 0 Å². The molecule has 2 N–H and O–H groups in total. The summed E-state index contributed by atoms with van der Waals surface area (Å²) < 4.78 is 51.8. The summed E-state index contributed by atoms with van der Waals surface area (Å²) in [4.78, 5) is 11.2. The van der Waals surface area contributed by atoms with Crippen LogP contribution < -0.4 is 5.32 Å². The number of rotatable bonds is 3. The van der Waals surface area contributed by atoms with E-state index in [-0.39, 0.29) is 11.3 Å². The highest BCUT2D eigenvalue weighted by Crippen LogP contribution is 2.34. The fourth-order valence-electron chi connectivity index (χ4n) is 2.25. The van der Waals surface area contributed by atoms with Gasteiger partial charge in [0, 0.05) is 5.69 Å². The number of benzene rings is 2. The second-order valence-electron chi connectivity index (χ2n) is 5.10. The van der Waals surface area contributed by atoms with Crippen LogP contribution in [0.15, 0.2) is 30.3 Å². The van der Waals surface area contributed by atoms with Gasteiger partial charge in [-0.2, -0.15) is 13.2 Å². The van der Waals surface area contributed by atoms with Crippen LogP contribution in [0.5, 0.6) is 0 Å². The highest BCUT2D eigenvalue weighted by molar-refractivity contribution is 5.95. The molecular formula is C16H13F4NO2. The minimum atomic E-state index is -4.60. The van der Waals surface area contributed by atoms with E-state index in [0.717, 1.165) is 12.1 Å². The molecule has 0 radical (unpaired) electrons. The minimum Gasteiger partial charge on any atom is -0.478 e. The van der Waals surface area contributed by atoms with Gasteiger partial charge in [0.1, 0.15) is 5.82 Å². The summed E-state index contributed by atoms with van der Waals surface area (Å²) >= 11 is 0. The van der Waals surface area contributed by atoms with Gasteiger partial charge in [0.15, 0.2) is 0 Å². The summed E-state index contributed by atoms with van der Waals surface area (Å²) in [5, 5.41) is 11.8. The fraction of sp³-hybridized carbons (Fsp3) is 0.188. The van der Waals surface area contributed by atoms with Crippen LogP contribution in [0, 0.1) is 19.7 Å². The topological polar surface area (TPSA) is 49.3 Å². The molecule has 0 saturated carbocycles. The van der Waals surface area contributed by atoms with Crippen molar-refractivity contribution in [2.75, 3.05) is 5.32 Å². The van der Waals surface area contributed by atoms with E-state index >= 15 is 0 Å². The van der Waals surface area contributed by atoms with Crippen molar-refractivity contribution in [3.8, 4) is 0 Å². The Balaban J connectivity index is 2.56. The molecule has 0 unspecified atom stereocenters. The van der Waals surface area contributed by atoms with E-state index < -0.39 is 23.5 Å². The highest BCUT2D eigenvalue weighted by atomic mass is 19.4. The molecular weight excluding hydrogens is 314 g/mol. The van der Waals surface area contributed by atoms with E-state index in [1.54, 1.807) is 13.8 Å². The van der Waals surface area contributed by atoms with Gasteiger partial charge in [-0.05, 0) is 55.3 Å². The monoisotopic (exact) mass is 327 g/mol. The normalized spacial score (nSPS) is 11.4. The lowest BCUT2D eigenvalue weighted by molar-refractivity contribution is -0.137. The molecule has 0 fully saturated rings. The fourth-order valence-corrected chi connectivity index (χ4v) is 2.25. The highest BCUT2D eigenvalue weighted by Gasteiger charge is 2.31. The van der Waals surface area contributed by atoms with E-state index in [1.165, 1.54) is 12.1 Å². The van der Waals surface area contributed by atoms with Gasteiger partial charge >= 0.3 is 12.1 Å². The molecule has 0 amide bonds. The SMILES string of the molecule is Cc1cc(F)cc(C)c1Nc1cc(C(F)(F)F)ccc1C(=O)O. The lowest BCUT2D eigenvalue weighted by Crippen LogP contribution is -2.10. The third-order valence-corrected chi connectivity index (χ3v) is 3.33. The van der Waals surface area contributed by atoms with Crippen molar-refractivity contribution in [2.24, 2.45) is 0 Å². The summed E-state index contributed by atoms with van der Waals surface area (Å²) in [6, 6.07) is 4.75. The smallest absolute Gasteiger partial charge is 0.416 e. The predicted octanol–water partition coefficient (Wildman–Crippen LogP) is 4.90. The van der Waals surface area contributed by atoms with Gasteiger partial charge < -0.3 is 10.4 Å². The number of nitrogens with one attached hydrogen (secondary N) is 1. The maximum Gasteiger partial charge on any atom is 0.416 e. The van der Waals surface area contributed by atoms with E-state index in [2.05, 4.69) is 5.32 Å². The van der Waals surface area contributed by atoms with Crippen LogP contribution in [-0.4, -0.2) is 11.1 Å². The van der Waals surface area contributed by atoms with Crippen LogP contribution in [0.1, 0.15) is 27.0 Å². The lowest BCUT2D eigenvalue weighted by atomic mass is 10.1. The Morgan fingerprint density at radius 2 is 1.65 bits per heavy atom. The summed E-state index contributed by atoms with van der Waals surface area (Å²) in [7, 11) is 0. The van der Waals surface area contributed by atoms with E-state index in [4.69, 9.17) is 5.11 Å². The number of aromatic carboxylic acids is 1. The molecule has 2 rings (SSSR count). The molecule has 0 aliphatic rings. The van der Waals surface area contributed by atoms with Gasteiger partial charge in [0.2, 0.25) is 0 Å². The maximum absolute atomic E-state index is 13.3. The minimum absolute atomic E-state index is 0.204. The third-order valence-electron chi connectivity index (χ3n) is 3.33. The molecule has 2 aromatic rings. The first-order chi connectivity index (χ1) is 10.6. The molecule has 2 aromatic carbocycles. The zero-order chi connectivity index (χ0) is 17.4. The summed E-state index contributed by atoms with van der Waals surface area (Å²) in [5.41, 5.74) is -0.200. The van der Waals surface area contributed by atoms with Gasteiger partial charge in [-0.25, -0.2) is 9.18 Å². The molecule has 0 saturated heterocycles. The van der Waals surface area contributed by atoms with Gasteiger partial charge in [-0.1, -0.05) is 0 Å². The Hall–Kier alpha value is -2.57. The number of carbonyl (C=O) groups is 1. The maximum atomic E-state index is 13.3. The number of aryl methyl sites for hydroxylation is 2. The quantitative estimate of drug-likeness (QED) is 0.788. The second kappa shape index (κ2) is 5.91. The molecule has 0 aromatic heterocycles. The first-order valence-electron chi connectivity index (χ1n) is 6.58. The Morgan fingerprint density at radius 1 is 1.09 bits per heavy atom. The number of carboxylic acids is 1. The van der Waals surface area contributed by atoms with Crippen LogP contribution in [-0.2, 0) is 6.18 Å². The van der Waals surface area contributed by atoms with Crippen molar-refractivity contribution >= 4 is 17.3 Å².